The second kappa shape index (κ2) is 78.9. The second-order valence-electron chi connectivity index (χ2n) is 33.2. The Balaban J connectivity index is 5.24. The fourth-order valence-corrected chi connectivity index (χ4v) is 15.4. The number of phosphoric acid groups is 2. The summed E-state index contributed by atoms with van der Waals surface area (Å²) in [6.07, 6.45) is 70.9. The van der Waals surface area contributed by atoms with Crippen molar-refractivity contribution < 1.29 is 80.2 Å². The second-order valence-corrected chi connectivity index (χ2v) is 36.1. The van der Waals surface area contributed by atoms with Crippen molar-refractivity contribution in [2.75, 3.05) is 39.6 Å². The molecule has 0 heterocycles. The summed E-state index contributed by atoms with van der Waals surface area (Å²) in [5.41, 5.74) is 0. The van der Waals surface area contributed by atoms with Crippen LogP contribution in [0.4, 0.5) is 0 Å². The number of aliphatic hydroxyl groups excluding tert-OH is 1. The first-order valence-corrected chi connectivity index (χ1v) is 48.9. The molecular formula is C89H174O17P2. The number of hydrogen-bond donors (Lipinski definition) is 3. The number of aliphatic hydroxyl groups is 1. The number of carbonyl (C=O) groups is 4. The summed E-state index contributed by atoms with van der Waals surface area (Å²) in [7, 11) is -9.93. The SMILES string of the molecule is CCCCCCCCCCCCCCCCCCCCCCC(=O)OC[C@H](COP(=O)(O)OC[C@@H](O)COP(=O)(O)OC[C@@H](COC(=O)CCCCCCCCCCCC(C)C)OC(=O)CCCCCCCCCCCCCC(C)C)OC(=O)CCCCCCCCCCCCCCCCCCCCC(C)CC. The molecule has 108 heavy (non-hydrogen) atoms. The molecule has 6 atom stereocenters. The molecule has 0 aromatic carbocycles. The standard InChI is InChI=1S/C89H174O17P2/c1-8-10-11-12-13-14-15-16-17-18-19-20-24-27-30-35-42-49-56-63-70-86(91)99-76-84(105-88(93)72-65-58-51-43-36-31-28-25-22-21-23-26-29-34-41-48-55-62-69-82(7)9-2)78-103-107(95,96)101-74-83(90)75-102-108(97,98)104-79-85(77-100-87(92)71-64-57-50-45-38-40-47-54-61-68-81(5)6)106-89(94)73-66-59-52-44-37-32-33-39-46-53-60-67-80(3)4/h80-85,90H,8-79H2,1-7H3,(H,95,96)(H,97,98)/t82?,83-,84-,85-/m1/s1. The van der Waals surface area contributed by atoms with Crippen LogP contribution < -0.4 is 0 Å². The predicted octanol–water partition coefficient (Wildman–Crippen LogP) is 27.3. The highest BCUT2D eigenvalue weighted by Gasteiger charge is 2.31. The molecule has 0 aliphatic heterocycles. The molecule has 17 nitrogen and oxygen atoms in total. The van der Waals surface area contributed by atoms with Gasteiger partial charge in [0.2, 0.25) is 0 Å². The molecule has 0 spiro atoms. The van der Waals surface area contributed by atoms with E-state index in [1.54, 1.807) is 0 Å². The minimum atomic E-state index is -4.97. The largest absolute Gasteiger partial charge is 0.472 e. The van der Waals surface area contributed by atoms with Gasteiger partial charge in [-0.15, -0.1) is 0 Å². The predicted molar refractivity (Wildman–Crippen MR) is 446 cm³/mol. The van der Waals surface area contributed by atoms with Crippen molar-refractivity contribution in [3.05, 3.63) is 0 Å². The van der Waals surface area contributed by atoms with Gasteiger partial charge in [0, 0.05) is 25.7 Å². The van der Waals surface area contributed by atoms with Crippen molar-refractivity contribution >= 4 is 39.5 Å². The lowest BCUT2D eigenvalue weighted by atomic mass is 9.99. The van der Waals surface area contributed by atoms with Crippen LogP contribution in [0.1, 0.15) is 472 Å². The molecule has 642 valence electrons. The normalized spacial score (nSPS) is 14.1. The lowest BCUT2D eigenvalue weighted by molar-refractivity contribution is -0.161. The highest BCUT2D eigenvalue weighted by Crippen LogP contribution is 2.45. The van der Waals surface area contributed by atoms with Gasteiger partial charge in [0.25, 0.3) is 0 Å². The summed E-state index contributed by atoms with van der Waals surface area (Å²) in [5, 5.41) is 10.7. The van der Waals surface area contributed by atoms with E-state index < -0.39 is 97.5 Å². The molecular weight excluding hydrogens is 1400 g/mol. The number of ether oxygens (including phenoxy) is 4. The highest BCUT2D eigenvalue weighted by molar-refractivity contribution is 7.47. The molecule has 0 aliphatic carbocycles. The molecule has 0 rings (SSSR count). The molecule has 19 heteroatoms. The minimum absolute atomic E-state index is 0.106. The van der Waals surface area contributed by atoms with E-state index in [0.29, 0.717) is 25.7 Å². The van der Waals surface area contributed by atoms with Crippen molar-refractivity contribution in [1.29, 1.82) is 0 Å². The average Bonchev–Trinajstić information content (AvgIpc) is 0.893. The third-order valence-electron chi connectivity index (χ3n) is 21.2. The van der Waals surface area contributed by atoms with Gasteiger partial charge in [-0.1, -0.05) is 421 Å². The van der Waals surface area contributed by atoms with Gasteiger partial charge in [0.05, 0.1) is 26.4 Å². The van der Waals surface area contributed by atoms with Crippen LogP contribution in [-0.2, 0) is 65.4 Å². The Bertz CT molecular complexity index is 2080. The maximum atomic E-state index is 13.2. The third kappa shape index (κ3) is 80.7. The van der Waals surface area contributed by atoms with E-state index in [9.17, 15) is 43.2 Å². The summed E-state index contributed by atoms with van der Waals surface area (Å²) in [4.78, 5) is 73.3. The molecule has 0 radical (unpaired) electrons. The molecule has 0 fully saturated rings. The number of carbonyl (C=O) groups excluding carboxylic acids is 4. The zero-order chi connectivity index (χ0) is 79.3. The van der Waals surface area contributed by atoms with Gasteiger partial charge in [0.15, 0.2) is 12.2 Å². The van der Waals surface area contributed by atoms with Gasteiger partial charge >= 0.3 is 39.5 Å². The summed E-state index contributed by atoms with van der Waals surface area (Å²) < 4.78 is 69.0. The lowest BCUT2D eigenvalue weighted by Gasteiger charge is -2.21. The molecule has 0 aromatic heterocycles. The number of unbranched alkanes of at least 4 members (excludes halogenated alkanes) is 54. The molecule has 0 aliphatic rings. The maximum Gasteiger partial charge on any atom is 0.472 e. The molecule has 0 aromatic rings. The molecule has 3 unspecified atom stereocenters. The molecule has 0 amide bonds. The van der Waals surface area contributed by atoms with Gasteiger partial charge in [-0.25, -0.2) is 9.13 Å². The van der Waals surface area contributed by atoms with E-state index in [1.807, 2.05) is 0 Å². The van der Waals surface area contributed by atoms with Gasteiger partial charge in [-0.3, -0.25) is 37.3 Å². The van der Waals surface area contributed by atoms with Gasteiger partial charge in [0.1, 0.15) is 19.3 Å². The first kappa shape index (κ1) is 106. The van der Waals surface area contributed by atoms with E-state index in [1.165, 1.54) is 283 Å². The number of hydrogen-bond acceptors (Lipinski definition) is 15. The van der Waals surface area contributed by atoms with Gasteiger partial charge in [-0.2, -0.15) is 0 Å². The number of phosphoric ester groups is 2. The van der Waals surface area contributed by atoms with Crippen molar-refractivity contribution in [1.82, 2.24) is 0 Å². The topological polar surface area (TPSA) is 237 Å². The zero-order valence-electron chi connectivity index (χ0n) is 71.3. The van der Waals surface area contributed by atoms with Crippen LogP contribution >= 0.6 is 15.6 Å². The molecule has 0 saturated heterocycles. The van der Waals surface area contributed by atoms with Crippen LogP contribution in [0.3, 0.4) is 0 Å². The smallest absolute Gasteiger partial charge is 0.462 e. The minimum Gasteiger partial charge on any atom is -0.462 e. The molecule has 0 bridgehead atoms. The Labute approximate surface area is 664 Å². The van der Waals surface area contributed by atoms with Crippen LogP contribution in [-0.4, -0.2) is 96.7 Å². The van der Waals surface area contributed by atoms with Crippen molar-refractivity contribution in [3.8, 4) is 0 Å². The summed E-state index contributed by atoms with van der Waals surface area (Å²) in [6.45, 7) is 12.0. The van der Waals surface area contributed by atoms with E-state index in [-0.39, 0.29) is 25.7 Å². The van der Waals surface area contributed by atoms with E-state index in [2.05, 4.69) is 48.5 Å². The Morgan fingerprint density at radius 1 is 0.269 bits per heavy atom. The first-order chi connectivity index (χ1) is 52.3. The molecule has 0 saturated carbocycles. The van der Waals surface area contributed by atoms with Crippen LogP contribution in [0.5, 0.6) is 0 Å². The number of esters is 4. The zero-order valence-corrected chi connectivity index (χ0v) is 73.1. The Kier molecular flexibility index (Phi) is 77.5. The summed E-state index contributed by atoms with van der Waals surface area (Å²) >= 11 is 0. The average molecular weight is 1580 g/mol. The summed E-state index contributed by atoms with van der Waals surface area (Å²) in [5.74, 6) is 0.278. The molecule has 3 N–H and O–H groups in total. The van der Waals surface area contributed by atoms with Crippen LogP contribution in [0, 0.1) is 17.8 Å². The lowest BCUT2D eigenvalue weighted by Crippen LogP contribution is -2.30. The third-order valence-corrected chi connectivity index (χ3v) is 23.1. The van der Waals surface area contributed by atoms with Gasteiger partial charge in [-0.05, 0) is 43.4 Å². The van der Waals surface area contributed by atoms with Gasteiger partial charge < -0.3 is 33.8 Å². The van der Waals surface area contributed by atoms with Crippen molar-refractivity contribution in [2.24, 2.45) is 17.8 Å². The van der Waals surface area contributed by atoms with Crippen molar-refractivity contribution in [3.63, 3.8) is 0 Å². The van der Waals surface area contributed by atoms with E-state index >= 15 is 0 Å². The first-order valence-electron chi connectivity index (χ1n) is 45.9. The van der Waals surface area contributed by atoms with E-state index in [0.717, 1.165) is 108 Å². The quantitative estimate of drug-likeness (QED) is 0.0222. The monoisotopic (exact) mass is 1580 g/mol. The fourth-order valence-electron chi connectivity index (χ4n) is 13.9. The van der Waals surface area contributed by atoms with E-state index in [4.69, 9.17) is 37.0 Å². The Hall–Kier alpha value is -1.94. The number of rotatable bonds is 87. The van der Waals surface area contributed by atoms with Crippen LogP contribution in [0.25, 0.3) is 0 Å². The Morgan fingerprint density at radius 3 is 0.704 bits per heavy atom. The highest BCUT2D eigenvalue weighted by atomic mass is 31.2. The maximum absolute atomic E-state index is 13.2. The fraction of sp³-hybridized carbons (Fsp3) is 0.955. The Morgan fingerprint density at radius 2 is 0.472 bits per heavy atom. The van der Waals surface area contributed by atoms with Crippen LogP contribution in [0.2, 0.25) is 0 Å². The summed E-state index contributed by atoms with van der Waals surface area (Å²) in [6, 6.07) is 0. The van der Waals surface area contributed by atoms with Crippen LogP contribution in [0.15, 0.2) is 0 Å². The van der Waals surface area contributed by atoms with Crippen molar-refractivity contribution in [2.45, 2.75) is 491 Å².